The van der Waals surface area contributed by atoms with Gasteiger partial charge in [-0.2, -0.15) is 9.78 Å². The maximum atomic E-state index is 13.8. The first-order valence-electron chi connectivity index (χ1n) is 12.4. The molecule has 0 unspecified atom stereocenters. The van der Waals surface area contributed by atoms with Gasteiger partial charge in [-0.1, -0.05) is 60.5 Å². The Morgan fingerprint density at radius 1 is 0.889 bits per heavy atom. The Balaban J connectivity index is 1.53. The zero-order chi connectivity index (χ0) is 24.6. The summed E-state index contributed by atoms with van der Waals surface area (Å²) in [6.07, 6.45) is 3.51. The van der Waals surface area contributed by atoms with Gasteiger partial charge in [-0.3, -0.25) is 19.4 Å². The van der Waals surface area contributed by atoms with Crippen LogP contribution in [0.1, 0.15) is 30.4 Å². The van der Waals surface area contributed by atoms with E-state index in [9.17, 15) is 9.59 Å². The van der Waals surface area contributed by atoms with E-state index in [2.05, 4.69) is 4.90 Å². The minimum Gasteiger partial charge on any atom is -0.293 e. The number of amides is 1. The minimum atomic E-state index is -0.302. The second-order valence-corrected chi connectivity index (χ2v) is 9.46. The first-order valence-corrected chi connectivity index (χ1v) is 12.4. The molecular formula is C29H27N5O2. The molecule has 4 aromatic rings. The molecule has 2 aliphatic rings. The van der Waals surface area contributed by atoms with E-state index in [-0.39, 0.29) is 17.2 Å². The normalized spacial score (nSPS) is 17.2. The lowest BCUT2D eigenvalue weighted by atomic mass is 10.1. The van der Waals surface area contributed by atoms with Crippen LogP contribution in [0.2, 0.25) is 0 Å². The van der Waals surface area contributed by atoms with E-state index in [0.29, 0.717) is 23.4 Å². The molecule has 6 rings (SSSR count). The molecule has 0 spiro atoms. The number of carbonyl (C=O) groups excluding carboxylic acids is 1. The summed E-state index contributed by atoms with van der Waals surface area (Å²) in [5.41, 5.74) is 3.92. The third-order valence-corrected chi connectivity index (χ3v) is 6.92. The molecule has 7 heteroatoms. The Bertz CT molecular complexity index is 1550. The van der Waals surface area contributed by atoms with Crippen LogP contribution in [0.4, 0.5) is 5.69 Å². The van der Waals surface area contributed by atoms with E-state index in [0.717, 1.165) is 48.3 Å². The van der Waals surface area contributed by atoms with Crippen LogP contribution in [0.25, 0.3) is 22.3 Å². The molecule has 2 aliphatic heterocycles. The van der Waals surface area contributed by atoms with Crippen molar-refractivity contribution in [2.24, 2.45) is 5.10 Å². The first kappa shape index (κ1) is 22.4. The maximum absolute atomic E-state index is 13.8. The second-order valence-electron chi connectivity index (χ2n) is 9.46. The molecule has 180 valence electrons. The molecule has 0 bridgehead atoms. The fourth-order valence-corrected chi connectivity index (χ4v) is 5.06. The van der Waals surface area contributed by atoms with Crippen LogP contribution < -0.4 is 10.5 Å². The summed E-state index contributed by atoms with van der Waals surface area (Å²) in [6.45, 7) is 4.46. The predicted octanol–water partition coefficient (Wildman–Crippen LogP) is 4.41. The molecule has 36 heavy (non-hydrogen) atoms. The monoisotopic (exact) mass is 477 g/mol. The van der Waals surface area contributed by atoms with E-state index in [4.69, 9.17) is 10.1 Å². The van der Waals surface area contributed by atoms with Gasteiger partial charge in [-0.15, -0.1) is 0 Å². The van der Waals surface area contributed by atoms with Crippen LogP contribution in [0, 0.1) is 6.92 Å². The highest BCUT2D eigenvalue weighted by Crippen LogP contribution is 2.31. The third kappa shape index (κ3) is 3.91. The molecule has 3 aromatic carbocycles. The number of nitrogens with zero attached hydrogens (tertiary/aromatic N) is 5. The first-order chi connectivity index (χ1) is 17.6. The molecule has 0 atom stereocenters. The largest absolute Gasteiger partial charge is 0.293 e. The van der Waals surface area contributed by atoms with E-state index >= 15 is 0 Å². The molecule has 7 nitrogen and oxygen atoms in total. The second kappa shape index (κ2) is 9.17. The Labute approximate surface area is 209 Å². The van der Waals surface area contributed by atoms with Crippen molar-refractivity contribution in [3.63, 3.8) is 0 Å². The van der Waals surface area contributed by atoms with Crippen molar-refractivity contribution in [1.82, 2.24) is 14.6 Å². The Kier molecular flexibility index (Phi) is 5.70. The number of aryl methyl sites for hydroxylation is 1. The van der Waals surface area contributed by atoms with Gasteiger partial charge in [-0.25, -0.2) is 4.98 Å². The summed E-state index contributed by atoms with van der Waals surface area (Å²) in [7, 11) is 0. The minimum absolute atomic E-state index is 0.194. The fraction of sp³-hybridized carbons (Fsp3) is 0.241. The number of para-hydroxylation sites is 1. The molecule has 0 N–H and O–H groups in total. The summed E-state index contributed by atoms with van der Waals surface area (Å²) >= 11 is 0. The van der Waals surface area contributed by atoms with Crippen molar-refractivity contribution < 1.29 is 4.79 Å². The quantitative estimate of drug-likeness (QED) is 0.436. The number of carbonyl (C=O) groups is 1. The predicted molar refractivity (Wildman–Crippen MR) is 142 cm³/mol. The number of benzene rings is 3. The van der Waals surface area contributed by atoms with Crippen LogP contribution in [0.15, 0.2) is 82.7 Å². The lowest BCUT2D eigenvalue weighted by Gasteiger charge is -2.30. The summed E-state index contributed by atoms with van der Waals surface area (Å²) < 4.78 is 1.29. The van der Waals surface area contributed by atoms with Crippen molar-refractivity contribution in [3.8, 4) is 11.4 Å². The lowest BCUT2D eigenvalue weighted by molar-refractivity contribution is -0.112. The Morgan fingerprint density at radius 2 is 1.64 bits per heavy atom. The Hall–Kier alpha value is -4.10. The van der Waals surface area contributed by atoms with Crippen LogP contribution >= 0.6 is 0 Å². The molecule has 0 aliphatic carbocycles. The summed E-state index contributed by atoms with van der Waals surface area (Å²) in [5.74, 6) is 0.212. The third-order valence-electron chi connectivity index (χ3n) is 6.92. The van der Waals surface area contributed by atoms with Gasteiger partial charge in [0.2, 0.25) is 0 Å². The van der Waals surface area contributed by atoms with Crippen LogP contribution in [0.3, 0.4) is 0 Å². The van der Waals surface area contributed by atoms with Gasteiger partial charge in [-0.05, 0) is 57.1 Å². The number of rotatable bonds is 4. The number of likely N-dealkylation sites (tertiary alicyclic amines) is 1. The van der Waals surface area contributed by atoms with Gasteiger partial charge in [0.1, 0.15) is 0 Å². The van der Waals surface area contributed by atoms with Crippen molar-refractivity contribution in [1.29, 1.82) is 0 Å². The van der Waals surface area contributed by atoms with Crippen LogP contribution in [0.5, 0.6) is 0 Å². The summed E-state index contributed by atoms with van der Waals surface area (Å²) in [5, 5.41) is 5.20. The van der Waals surface area contributed by atoms with E-state index in [1.807, 2.05) is 73.7 Å². The van der Waals surface area contributed by atoms with Crippen molar-refractivity contribution in [2.45, 2.75) is 26.2 Å². The number of hydrogen-bond acceptors (Lipinski definition) is 5. The standard InChI is InChI=1S/C29H27N5O2/c1-20-14-15-25-23(18-20)26(29(36)33(25)19-32-16-8-3-9-17-32)31-34-27(21-10-4-2-5-11-21)30-24-13-7-6-12-22(24)28(34)35/h2,4-7,10-15,18H,3,8-9,16-17,19H2,1H3/b31-26+. The molecule has 0 radical (unpaired) electrons. The van der Waals surface area contributed by atoms with Crippen LogP contribution in [-0.2, 0) is 4.79 Å². The highest BCUT2D eigenvalue weighted by molar-refractivity contribution is 6.54. The van der Waals surface area contributed by atoms with E-state index in [1.165, 1.54) is 11.1 Å². The average Bonchev–Trinajstić information content (AvgIpc) is 3.16. The average molecular weight is 478 g/mol. The highest BCUT2D eigenvalue weighted by Gasteiger charge is 2.36. The van der Waals surface area contributed by atoms with Gasteiger partial charge < -0.3 is 0 Å². The Morgan fingerprint density at radius 3 is 2.44 bits per heavy atom. The molecule has 1 fully saturated rings. The van der Waals surface area contributed by atoms with Gasteiger partial charge in [0.05, 0.1) is 23.3 Å². The zero-order valence-corrected chi connectivity index (χ0v) is 20.2. The van der Waals surface area contributed by atoms with Gasteiger partial charge in [0, 0.05) is 11.1 Å². The van der Waals surface area contributed by atoms with Gasteiger partial charge in [0.25, 0.3) is 11.5 Å². The summed E-state index contributed by atoms with van der Waals surface area (Å²) in [6, 6.07) is 22.7. The summed E-state index contributed by atoms with van der Waals surface area (Å²) in [4.78, 5) is 36.4. The smallest absolute Gasteiger partial charge is 0.282 e. The van der Waals surface area contributed by atoms with Crippen molar-refractivity contribution >= 4 is 28.2 Å². The van der Waals surface area contributed by atoms with Crippen molar-refractivity contribution in [3.05, 3.63) is 94.3 Å². The van der Waals surface area contributed by atoms with E-state index < -0.39 is 0 Å². The number of anilines is 1. The number of fused-ring (bicyclic) bond motifs is 2. The van der Waals surface area contributed by atoms with Gasteiger partial charge in [0.15, 0.2) is 11.5 Å². The van der Waals surface area contributed by atoms with Crippen LogP contribution in [-0.4, -0.2) is 45.9 Å². The number of piperidine rings is 1. The number of aromatic nitrogens is 2. The number of hydrogen-bond donors (Lipinski definition) is 0. The zero-order valence-electron chi connectivity index (χ0n) is 20.2. The fourth-order valence-electron chi connectivity index (χ4n) is 5.06. The maximum Gasteiger partial charge on any atom is 0.282 e. The van der Waals surface area contributed by atoms with Crippen molar-refractivity contribution in [2.75, 3.05) is 24.7 Å². The molecule has 1 amide bonds. The SMILES string of the molecule is Cc1ccc2c(c1)/C(=N\n1c(-c3ccccc3)nc3ccccc3c1=O)C(=O)N2CN1CCCCC1. The van der Waals surface area contributed by atoms with E-state index in [1.54, 1.807) is 11.0 Å². The molecule has 0 saturated carbocycles. The highest BCUT2D eigenvalue weighted by atomic mass is 16.2. The van der Waals surface area contributed by atoms with Gasteiger partial charge >= 0.3 is 0 Å². The lowest BCUT2D eigenvalue weighted by Crippen LogP contribution is -2.43. The molecule has 1 saturated heterocycles. The molecule has 3 heterocycles. The molecular weight excluding hydrogens is 450 g/mol. The topological polar surface area (TPSA) is 70.8 Å². The molecule has 1 aromatic heterocycles.